The lowest BCUT2D eigenvalue weighted by Crippen LogP contribution is -2.36. The maximum Gasteiger partial charge on any atom is 0.410 e. The van der Waals surface area contributed by atoms with Crippen molar-refractivity contribution in [3.63, 3.8) is 0 Å². The first-order valence-electron chi connectivity index (χ1n) is 12.6. The van der Waals surface area contributed by atoms with Crippen LogP contribution in [0.15, 0.2) is 29.5 Å². The van der Waals surface area contributed by atoms with Crippen molar-refractivity contribution >= 4 is 12.0 Å². The van der Waals surface area contributed by atoms with Crippen LogP contribution >= 0.6 is 0 Å². The second-order valence-electron chi connectivity index (χ2n) is 10.0. The highest BCUT2D eigenvalue weighted by Crippen LogP contribution is 2.40. The lowest BCUT2D eigenvalue weighted by Gasteiger charge is -2.23. The van der Waals surface area contributed by atoms with Gasteiger partial charge in [-0.1, -0.05) is 0 Å². The molecule has 6 rings (SSSR count). The highest BCUT2D eigenvalue weighted by molar-refractivity contribution is 5.95. The molecule has 1 aliphatic carbocycles. The maximum atomic E-state index is 13.5. The van der Waals surface area contributed by atoms with Gasteiger partial charge in [0.05, 0.1) is 12.8 Å². The van der Waals surface area contributed by atoms with E-state index in [0.29, 0.717) is 61.8 Å². The first-order chi connectivity index (χ1) is 17.6. The Hall–Kier alpha value is -3.47. The van der Waals surface area contributed by atoms with Crippen LogP contribution in [0.4, 0.5) is 4.79 Å². The van der Waals surface area contributed by atoms with Gasteiger partial charge in [-0.25, -0.2) is 9.78 Å². The van der Waals surface area contributed by atoms with Gasteiger partial charge < -0.3 is 24.0 Å². The molecule has 0 aromatic carbocycles. The zero-order valence-electron chi connectivity index (χ0n) is 20.1. The summed E-state index contributed by atoms with van der Waals surface area (Å²) in [4.78, 5) is 34.1. The molecule has 5 heterocycles. The van der Waals surface area contributed by atoms with Gasteiger partial charge in [-0.15, -0.1) is 0 Å². The molecule has 0 radical (unpaired) electrons. The highest BCUT2D eigenvalue weighted by Gasteiger charge is 2.36. The van der Waals surface area contributed by atoms with Crippen LogP contribution in [0.5, 0.6) is 5.88 Å². The Morgan fingerprint density at radius 3 is 2.47 bits per heavy atom. The fraction of sp³-hybridized carbons (Fsp3) is 0.560. The van der Waals surface area contributed by atoms with E-state index in [-0.39, 0.29) is 18.6 Å². The van der Waals surface area contributed by atoms with E-state index < -0.39 is 0 Å². The third-order valence-electron chi connectivity index (χ3n) is 7.25. The monoisotopic (exact) mass is 494 g/mol. The third kappa shape index (κ3) is 5.06. The molecule has 190 valence electrons. The number of hydrogen-bond donors (Lipinski definition) is 1. The molecule has 11 heteroatoms. The lowest BCUT2D eigenvalue weighted by molar-refractivity contribution is 0.0490. The molecule has 0 bridgehead atoms. The Morgan fingerprint density at radius 2 is 1.78 bits per heavy atom. The van der Waals surface area contributed by atoms with Crippen molar-refractivity contribution < 1.29 is 23.8 Å². The van der Waals surface area contributed by atoms with Gasteiger partial charge in [0.1, 0.15) is 12.3 Å². The molecule has 11 nitrogen and oxygen atoms in total. The summed E-state index contributed by atoms with van der Waals surface area (Å²) in [6, 6.07) is 3.71. The molecule has 2 fully saturated rings. The summed E-state index contributed by atoms with van der Waals surface area (Å²) >= 11 is 0. The summed E-state index contributed by atoms with van der Waals surface area (Å²) in [5, 5.41) is 10.1. The Bertz CT molecular complexity index is 1140. The SMILES string of the molecule is O=C(OCc1cn[nH]n1)N1CC2=C(C1)CN(C(=O)c1cc(OCC3CCOCC3)nc(C3CC3)c1)C2. The topological polar surface area (TPSA) is 123 Å². The molecule has 36 heavy (non-hydrogen) atoms. The Balaban J connectivity index is 1.06. The van der Waals surface area contributed by atoms with Gasteiger partial charge >= 0.3 is 6.09 Å². The van der Waals surface area contributed by atoms with E-state index in [1.54, 1.807) is 11.0 Å². The summed E-state index contributed by atoms with van der Waals surface area (Å²) in [7, 11) is 0. The van der Waals surface area contributed by atoms with Crippen LogP contribution in [0.1, 0.15) is 53.3 Å². The van der Waals surface area contributed by atoms with E-state index in [1.807, 2.05) is 11.0 Å². The first-order valence-corrected chi connectivity index (χ1v) is 12.6. The zero-order chi connectivity index (χ0) is 24.5. The van der Waals surface area contributed by atoms with E-state index in [4.69, 9.17) is 19.2 Å². The zero-order valence-corrected chi connectivity index (χ0v) is 20.1. The Labute approximate surface area is 208 Å². The van der Waals surface area contributed by atoms with Crippen LogP contribution < -0.4 is 4.74 Å². The molecule has 2 amide bonds. The molecule has 0 unspecified atom stereocenters. The molecule has 2 aromatic heterocycles. The normalized spacial score (nSPS) is 20.1. The number of hydrogen-bond acceptors (Lipinski definition) is 8. The molecule has 3 aliphatic heterocycles. The van der Waals surface area contributed by atoms with E-state index in [9.17, 15) is 9.59 Å². The van der Waals surface area contributed by atoms with Crippen molar-refractivity contribution in [2.45, 2.75) is 38.2 Å². The smallest absolute Gasteiger partial charge is 0.410 e. The number of carbonyl (C=O) groups is 2. The number of nitrogens with one attached hydrogen (secondary N) is 1. The van der Waals surface area contributed by atoms with Gasteiger partial charge in [-0.3, -0.25) is 4.79 Å². The predicted molar refractivity (Wildman–Crippen MR) is 126 cm³/mol. The van der Waals surface area contributed by atoms with Crippen molar-refractivity contribution in [1.82, 2.24) is 30.2 Å². The van der Waals surface area contributed by atoms with Crippen LogP contribution in [0.3, 0.4) is 0 Å². The average Bonchev–Trinajstić information content (AvgIpc) is 3.28. The first kappa shape index (κ1) is 23.0. The number of pyridine rings is 1. The maximum absolute atomic E-state index is 13.5. The minimum Gasteiger partial charge on any atom is -0.477 e. The van der Waals surface area contributed by atoms with Gasteiger partial charge in [0.25, 0.3) is 5.91 Å². The number of H-pyrrole nitrogens is 1. The van der Waals surface area contributed by atoms with Crippen molar-refractivity contribution in [2.24, 2.45) is 5.92 Å². The minimum atomic E-state index is -0.389. The largest absolute Gasteiger partial charge is 0.477 e. The molecule has 1 saturated heterocycles. The Kier molecular flexibility index (Phi) is 6.30. The van der Waals surface area contributed by atoms with Gasteiger partial charge in [-0.2, -0.15) is 15.4 Å². The predicted octanol–water partition coefficient (Wildman–Crippen LogP) is 2.29. The summed E-state index contributed by atoms with van der Waals surface area (Å²) in [6.07, 6.45) is 5.32. The van der Waals surface area contributed by atoms with E-state index >= 15 is 0 Å². The molecule has 1 N–H and O–H groups in total. The van der Waals surface area contributed by atoms with Crippen molar-refractivity contribution in [2.75, 3.05) is 46.0 Å². The van der Waals surface area contributed by atoms with Crippen LogP contribution in [0, 0.1) is 5.92 Å². The molecule has 0 atom stereocenters. The summed E-state index contributed by atoms with van der Waals surface area (Å²) in [6.45, 7) is 4.19. The molecule has 2 aromatic rings. The number of aromatic nitrogens is 4. The summed E-state index contributed by atoms with van der Waals surface area (Å²) in [5.74, 6) is 1.39. The number of ether oxygens (including phenoxy) is 3. The average molecular weight is 495 g/mol. The van der Waals surface area contributed by atoms with Crippen LogP contribution in [-0.4, -0.2) is 88.2 Å². The fourth-order valence-corrected chi connectivity index (χ4v) is 4.99. The number of rotatable bonds is 7. The van der Waals surface area contributed by atoms with Gasteiger partial charge in [0.15, 0.2) is 0 Å². The van der Waals surface area contributed by atoms with E-state index in [0.717, 1.165) is 55.7 Å². The van der Waals surface area contributed by atoms with Gasteiger partial charge in [-0.05, 0) is 48.8 Å². The van der Waals surface area contributed by atoms with Gasteiger partial charge in [0.2, 0.25) is 5.88 Å². The highest BCUT2D eigenvalue weighted by atomic mass is 16.6. The molecule has 4 aliphatic rings. The molecular formula is C25H30N6O5. The van der Waals surface area contributed by atoms with Crippen LogP contribution in [0.25, 0.3) is 0 Å². The molecule has 1 saturated carbocycles. The minimum absolute atomic E-state index is 0.0234. The number of carbonyl (C=O) groups excluding carboxylic acids is 2. The second-order valence-corrected chi connectivity index (χ2v) is 10.0. The van der Waals surface area contributed by atoms with Crippen LogP contribution in [0.2, 0.25) is 0 Å². The van der Waals surface area contributed by atoms with E-state index in [2.05, 4.69) is 15.4 Å². The van der Waals surface area contributed by atoms with E-state index in [1.165, 1.54) is 6.20 Å². The van der Waals surface area contributed by atoms with Crippen LogP contribution in [-0.2, 0) is 16.1 Å². The standard InChI is InChI=1S/C25H30N6O5/c32-24(18-7-22(17-1-2-17)27-23(8-18)35-14-16-3-5-34-6-4-16)30-10-19-12-31(13-20(19)11-30)25(33)36-15-21-9-26-29-28-21/h7-9,16-17H,1-6,10-15H2,(H,26,28,29). The summed E-state index contributed by atoms with van der Waals surface area (Å²) < 4.78 is 16.8. The molecular weight excluding hydrogens is 464 g/mol. The van der Waals surface area contributed by atoms with Gasteiger partial charge in [0, 0.05) is 62.6 Å². The number of aromatic amines is 1. The van der Waals surface area contributed by atoms with Crippen molar-refractivity contribution in [3.05, 3.63) is 46.4 Å². The molecule has 0 spiro atoms. The number of nitrogens with zero attached hydrogens (tertiary/aromatic N) is 5. The third-order valence-corrected chi connectivity index (χ3v) is 7.25. The lowest BCUT2D eigenvalue weighted by atomic mass is 10.0. The number of amides is 2. The van der Waals surface area contributed by atoms with Crippen molar-refractivity contribution in [3.8, 4) is 5.88 Å². The fourth-order valence-electron chi connectivity index (χ4n) is 4.99. The quantitative estimate of drug-likeness (QED) is 0.582. The second kappa shape index (κ2) is 9.88. The summed E-state index contributed by atoms with van der Waals surface area (Å²) in [5.41, 5.74) is 4.35. The Morgan fingerprint density at radius 1 is 1.03 bits per heavy atom. The van der Waals surface area contributed by atoms with Crippen molar-refractivity contribution in [1.29, 1.82) is 0 Å².